The number of carbonyl (C=O) groups excluding carboxylic acids is 2. The molecule has 2 amide bonds. The number of aliphatic hydroxyl groups is 1. The average molecular weight is 320 g/mol. The lowest BCUT2D eigenvalue weighted by Crippen LogP contribution is -2.39. The maximum atomic E-state index is 14.1. The van der Waals surface area contributed by atoms with Gasteiger partial charge in [0.15, 0.2) is 0 Å². The summed E-state index contributed by atoms with van der Waals surface area (Å²) in [7, 11) is 1.55. The molecule has 2 fully saturated rings. The lowest BCUT2D eigenvalue weighted by molar-refractivity contribution is -0.133. The summed E-state index contributed by atoms with van der Waals surface area (Å²) in [6.45, 7) is 0.542. The van der Waals surface area contributed by atoms with Gasteiger partial charge in [0.1, 0.15) is 5.82 Å². The Morgan fingerprint density at radius 2 is 2.04 bits per heavy atom. The quantitative estimate of drug-likeness (QED) is 0.863. The number of carbonyl (C=O) groups is 2. The highest BCUT2D eigenvalue weighted by molar-refractivity contribution is 5.91. The number of benzene rings is 1. The van der Waals surface area contributed by atoms with Gasteiger partial charge in [-0.2, -0.15) is 0 Å². The van der Waals surface area contributed by atoms with E-state index in [9.17, 15) is 19.1 Å². The summed E-state index contributed by atoms with van der Waals surface area (Å²) in [6.07, 6.45) is 0.722. The predicted molar refractivity (Wildman–Crippen MR) is 82.1 cm³/mol. The van der Waals surface area contributed by atoms with E-state index < -0.39 is 11.5 Å². The van der Waals surface area contributed by atoms with Crippen LogP contribution in [0.3, 0.4) is 0 Å². The third-order valence-corrected chi connectivity index (χ3v) is 4.97. The minimum atomic E-state index is -0.785. The van der Waals surface area contributed by atoms with Crippen LogP contribution in [0.2, 0.25) is 0 Å². The Morgan fingerprint density at radius 1 is 1.35 bits per heavy atom. The highest BCUT2D eigenvalue weighted by atomic mass is 19.1. The highest BCUT2D eigenvalue weighted by Gasteiger charge is 2.55. The molecule has 1 aliphatic heterocycles. The molecule has 1 aliphatic carbocycles. The van der Waals surface area contributed by atoms with Gasteiger partial charge >= 0.3 is 0 Å². The SMILES string of the molecule is CNC(=O)C[C@H]1CN(C(=O)C2(c3ccccc3F)CC2)C[C@@H]1O. The fraction of sp³-hybridized carbons (Fsp3) is 0.529. The van der Waals surface area contributed by atoms with Crippen molar-refractivity contribution in [1.29, 1.82) is 0 Å². The first kappa shape index (κ1) is 15.9. The van der Waals surface area contributed by atoms with Crippen molar-refractivity contribution in [2.45, 2.75) is 30.8 Å². The molecule has 0 bridgehead atoms. The van der Waals surface area contributed by atoms with Crippen molar-refractivity contribution in [3.8, 4) is 0 Å². The van der Waals surface area contributed by atoms with Crippen molar-refractivity contribution in [3.63, 3.8) is 0 Å². The molecule has 3 rings (SSSR count). The molecule has 1 aromatic carbocycles. The molecule has 5 nitrogen and oxygen atoms in total. The zero-order valence-corrected chi connectivity index (χ0v) is 13.1. The van der Waals surface area contributed by atoms with Crippen molar-refractivity contribution in [1.82, 2.24) is 10.2 Å². The molecule has 0 spiro atoms. The van der Waals surface area contributed by atoms with Gasteiger partial charge in [-0.1, -0.05) is 18.2 Å². The van der Waals surface area contributed by atoms with Crippen LogP contribution in [-0.4, -0.2) is 48.1 Å². The fourth-order valence-corrected chi connectivity index (χ4v) is 3.44. The monoisotopic (exact) mass is 320 g/mol. The minimum absolute atomic E-state index is 0.138. The van der Waals surface area contributed by atoms with Gasteiger partial charge in [-0.15, -0.1) is 0 Å². The van der Waals surface area contributed by atoms with Crippen LogP contribution in [0.25, 0.3) is 0 Å². The molecule has 0 aromatic heterocycles. The van der Waals surface area contributed by atoms with Gasteiger partial charge in [-0.3, -0.25) is 9.59 Å². The second-order valence-corrected chi connectivity index (χ2v) is 6.48. The van der Waals surface area contributed by atoms with Gasteiger partial charge in [0.2, 0.25) is 11.8 Å². The van der Waals surface area contributed by atoms with Crippen molar-refractivity contribution >= 4 is 11.8 Å². The van der Waals surface area contributed by atoms with E-state index in [0.29, 0.717) is 24.9 Å². The topological polar surface area (TPSA) is 69.6 Å². The number of nitrogens with one attached hydrogen (secondary N) is 1. The van der Waals surface area contributed by atoms with E-state index in [4.69, 9.17) is 0 Å². The van der Waals surface area contributed by atoms with Crippen LogP contribution in [0.15, 0.2) is 24.3 Å². The zero-order valence-electron chi connectivity index (χ0n) is 13.1. The second-order valence-electron chi connectivity index (χ2n) is 6.48. The Bertz CT molecular complexity index is 630. The third-order valence-electron chi connectivity index (χ3n) is 4.97. The Hall–Kier alpha value is -1.95. The number of rotatable bonds is 4. The number of likely N-dealkylation sites (tertiary alicyclic amines) is 1. The number of hydrogen-bond acceptors (Lipinski definition) is 3. The molecule has 2 atom stereocenters. The molecule has 2 N–H and O–H groups in total. The maximum Gasteiger partial charge on any atom is 0.233 e. The largest absolute Gasteiger partial charge is 0.391 e. The molecule has 23 heavy (non-hydrogen) atoms. The Labute approximate surface area is 134 Å². The minimum Gasteiger partial charge on any atom is -0.391 e. The van der Waals surface area contributed by atoms with Gasteiger partial charge < -0.3 is 15.3 Å². The molecule has 6 heteroatoms. The summed E-state index contributed by atoms with van der Waals surface area (Å²) >= 11 is 0. The van der Waals surface area contributed by atoms with Gasteiger partial charge in [-0.05, 0) is 18.9 Å². The first-order chi connectivity index (χ1) is 11.0. The molecule has 1 aromatic rings. The summed E-state index contributed by atoms with van der Waals surface area (Å²) in [5.41, 5.74) is -0.346. The van der Waals surface area contributed by atoms with Gasteiger partial charge in [0, 0.05) is 38.0 Å². The van der Waals surface area contributed by atoms with E-state index >= 15 is 0 Å². The van der Waals surface area contributed by atoms with Crippen molar-refractivity contribution in [3.05, 3.63) is 35.6 Å². The van der Waals surface area contributed by atoms with E-state index in [1.165, 1.54) is 6.07 Å². The summed E-state index contributed by atoms with van der Waals surface area (Å²) in [4.78, 5) is 25.9. The maximum absolute atomic E-state index is 14.1. The molecular formula is C17H21FN2O3. The molecule has 0 radical (unpaired) electrons. The van der Waals surface area contributed by atoms with Crippen molar-refractivity contribution in [2.75, 3.05) is 20.1 Å². The van der Waals surface area contributed by atoms with Crippen LogP contribution in [0.1, 0.15) is 24.8 Å². The molecule has 1 saturated heterocycles. The number of β-amino-alcohol motifs (C(OH)–C–C–N with tert-alkyl or cyclic N) is 1. The molecule has 2 aliphatic rings. The molecule has 1 saturated carbocycles. The standard InChI is InChI=1S/C17H21FN2O3/c1-19-15(22)8-11-9-20(10-14(11)21)16(23)17(6-7-17)12-4-2-3-5-13(12)18/h2-5,11,14,21H,6-10H2,1H3,(H,19,22)/t11-,14-/m0/s1. The van der Waals surface area contributed by atoms with Crippen LogP contribution in [-0.2, 0) is 15.0 Å². The van der Waals surface area contributed by atoms with E-state index in [2.05, 4.69) is 5.32 Å². The van der Waals surface area contributed by atoms with E-state index in [1.54, 1.807) is 30.1 Å². The Kier molecular flexibility index (Phi) is 4.10. The number of amides is 2. The smallest absolute Gasteiger partial charge is 0.233 e. The van der Waals surface area contributed by atoms with Gasteiger partial charge in [-0.25, -0.2) is 4.39 Å². The molecular weight excluding hydrogens is 299 g/mol. The van der Waals surface area contributed by atoms with Gasteiger partial charge in [0.25, 0.3) is 0 Å². The molecule has 0 unspecified atom stereocenters. The molecule has 124 valence electrons. The summed E-state index contributed by atoms with van der Waals surface area (Å²) < 4.78 is 14.1. The predicted octanol–water partition coefficient (Wildman–Crippen LogP) is 0.813. The number of aliphatic hydroxyl groups excluding tert-OH is 1. The lowest BCUT2D eigenvalue weighted by Gasteiger charge is -2.23. The normalized spacial score (nSPS) is 25.3. The van der Waals surface area contributed by atoms with E-state index in [1.807, 2.05) is 0 Å². The molecule has 1 heterocycles. The third kappa shape index (κ3) is 2.83. The van der Waals surface area contributed by atoms with Crippen LogP contribution in [0.4, 0.5) is 4.39 Å². The first-order valence-corrected chi connectivity index (χ1v) is 7.91. The van der Waals surface area contributed by atoms with Crippen LogP contribution in [0, 0.1) is 11.7 Å². The van der Waals surface area contributed by atoms with E-state index in [-0.39, 0.29) is 36.5 Å². The highest BCUT2D eigenvalue weighted by Crippen LogP contribution is 2.51. The fourth-order valence-electron chi connectivity index (χ4n) is 3.44. The summed E-state index contributed by atoms with van der Waals surface area (Å²) in [5.74, 6) is -0.921. The zero-order chi connectivity index (χ0) is 16.6. The Morgan fingerprint density at radius 3 is 2.65 bits per heavy atom. The number of halogens is 1. The first-order valence-electron chi connectivity index (χ1n) is 7.91. The second kappa shape index (κ2) is 5.92. The summed E-state index contributed by atoms with van der Waals surface area (Å²) in [6, 6.07) is 6.38. The van der Waals surface area contributed by atoms with E-state index in [0.717, 1.165) is 0 Å². The van der Waals surface area contributed by atoms with Crippen LogP contribution >= 0.6 is 0 Å². The lowest BCUT2D eigenvalue weighted by atomic mass is 9.94. The number of nitrogens with zero attached hydrogens (tertiary/aromatic N) is 1. The Balaban J connectivity index is 1.74. The number of hydrogen-bond donors (Lipinski definition) is 2. The van der Waals surface area contributed by atoms with Crippen molar-refractivity contribution in [2.24, 2.45) is 5.92 Å². The van der Waals surface area contributed by atoms with Gasteiger partial charge in [0.05, 0.1) is 11.5 Å². The van der Waals surface area contributed by atoms with Crippen molar-refractivity contribution < 1.29 is 19.1 Å². The van der Waals surface area contributed by atoms with Crippen LogP contribution in [0.5, 0.6) is 0 Å². The average Bonchev–Trinajstić information content (AvgIpc) is 3.27. The van der Waals surface area contributed by atoms with Crippen LogP contribution < -0.4 is 5.32 Å². The summed E-state index contributed by atoms with van der Waals surface area (Å²) in [5, 5.41) is 12.6.